The maximum Gasteiger partial charge on any atom is 0.255 e. The van der Waals surface area contributed by atoms with Gasteiger partial charge in [0, 0.05) is 11.5 Å². The first kappa shape index (κ1) is 30.3. The van der Waals surface area contributed by atoms with Crippen LogP contribution >= 0.6 is 0 Å². The number of phenols is 1. The second kappa shape index (κ2) is 11.2. The number of nitrogens with zero attached hydrogens (tertiary/aromatic N) is 1. The van der Waals surface area contributed by atoms with Crippen molar-refractivity contribution in [1.82, 2.24) is 4.90 Å². The number of rotatable bonds is 7. The summed E-state index contributed by atoms with van der Waals surface area (Å²) in [5.74, 6) is -4.91. The summed E-state index contributed by atoms with van der Waals surface area (Å²) in [5, 5.41) is 46.2. The quantitative estimate of drug-likeness (QED) is 0.302. The summed E-state index contributed by atoms with van der Waals surface area (Å²) in [7, 11) is 3.18. The van der Waals surface area contributed by atoms with Crippen LogP contribution in [0.4, 0.5) is 0 Å². The molecule has 0 aliphatic heterocycles. The molecule has 0 aromatic heterocycles. The highest BCUT2D eigenvalue weighted by Gasteiger charge is 2.64. The molecule has 4 aliphatic carbocycles. The van der Waals surface area contributed by atoms with Crippen LogP contribution in [0.3, 0.4) is 0 Å². The lowest BCUT2D eigenvalue weighted by atomic mass is 9.57. The van der Waals surface area contributed by atoms with Crippen LogP contribution in [-0.4, -0.2) is 68.5 Å². The molecule has 2 fully saturated rings. The van der Waals surface area contributed by atoms with Crippen LogP contribution in [0.2, 0.25) is 0 Å². The number of hydrogen-bond donors (Lipinski definition) is 5. The van der Waals surface area contributed by atoms with Gasteiger partial charge in [-0.2, -0.15) is 0 Å². The van der Waals surface area contributed by atoms with Gasteiger partial charge in [0.1, 0.15) is 22.8 Å². The van der Waals surface area contributed by atoms with Gasteiger partial charge in [0.15, 0.2) is 11.4 Å². The number of unbranched alkanes of at least 4 members (excludes halogenated alkanes) is 1. The van der Waals surface area contributed by atoms with Crippen molar-refractivity contribution in [3.05, 3.63) is 45.7 Å². The maximum atomic E-state index is 14.1. The van der Waals surface area contributed by atoms with Crippen molar-refractivity contribution in [2.75, 3.05) is 14.1 Å². The molecule has 1 unspecified atom stereocenters. The summed E-state index contributed by atoms with van der Waals surface area (Å²) in [5.41, 5.74) is 3.52. The van der Waals surface area contributed by atoms with Gasteiger partial charge < -0.3 is 26.2 Å². The lowest BCUT2D eigenvalue weighted by Crippen LogP contribution is -2.65. The van der Waals surface area contributed by atoms with E-state index in [1.165, 1.54) is 4.90 Å². The van der Waals surface area contributed by atoms with Crippen molar-refractivity contribution in [2.45, 2.75) is 89.2 Å². The molecule has 42 heavy (non-hydrogen) atoms. The average molecular weight is 581 g/mol. The zero-order valence-electron chi connectivity index (χ0n) is 25.0. The predicted molar refractivity (Wildman–Crippen MR) is 158 cm³/mol. The molecule has 0 spiro atoms. The molecular weight excluding hydrogens is 536 g/mol. The molecule has 0 saturated heterocycles. The fourth-order valence-corrected chi connectivity index (χ4v) is 8.29. The van der Waals surface area contributed by atoms with E-state index in [0.29, 0.717) is 23.8 Å². The molecule has 6 N–H and O–H groups in total. The zero-order chi connectivity index (χ0) is 30.7. The highest BCUT2D eigenvalue weighted by atomic mass is 16.3. The summed E-state index contributed by atoms with van der Waals surface area (Å²) in [4.78, 5) is 41.1. The molecule has 228 valence electrons. The van der Waals surface area contributed by atoms with Gasteiger partial charge in [-0.15, -0.1) is 0 Å². The lowest BCUT2D eigenvalue weighted by Gasteiger charge is -2.50. The number of phenolic OH excluding ortho intramolecular Hbond substituents is 1. The van der Waals surface area contributed by atoms with Gasteiger partial charge in [-0.1, -0.05) is 51.7 Å². The van der Waals surface area contributed by atoms with Gasteiger partial charge in [-0.25, -0.2) is 0 Å². The Morgan fingerprint density at radius 1 is 1.12 bits per heavy atom. The van der Waals surface area contributed by atoms with E-state index in [4.69, 9.17) is 5.73 Å². The van der Waals surface area contributed by atoms with Gasteiger partial charge in [0.2, 0.25) is 5.78 Å². The monoisotopic (exact) mass is 580 g/mol. The highest BCUT2D eigenvalue weighted by molar-refractivity contribution is 6.24. The number of carbonyl (C=O) groups is 3. The number of aromatic hydroxyl groups is 1. The van der Waals surface area contributed by atoms with Crippen molar-refractivity contribution in [3.63, 3.8) is 0 Å². The largest absolute Gasteiger partial charge is 0.508 e. The molecule has 9 heteroatoms. The van der Waals surface area contributed by atoms with Crippen molar-refractivity contribution < 1.29 is 34.8 Å². The number of primary amides is 1. The Morgan fingerprint density at radius 3 is 2.38 bits per heavy atom. The van der Waals surface area contributed by atoms with Crippen molar-refractivity contribution in [1.29, 1.82) is 0 Å². The van der Waals surface area contributed by atoms with Crippen molar-refractivity contribution in [2.24, 2.45) is 29.4 Å². The first-order valence-electron chi connectivity index (χ1n) is 15.3. The fourth-order valence-electron chi connectivity index (χ4n) is 8.29. The van der Waals surface area contributed by atoms with Gasteiger partial charge in [0.25, 0.3) is 5.91 Å². The van der Waals surface area contributed by atoms with Gasteiger partial charge >= 0.3 is 0 Å². The van der Waals surface area contributed by atoms with Crippen LogP contribution < -0.4 is 5.73 Å². The van der Waals surface area contributed by atoms with E-state index in [-0.39, 0.29) is 29.2 Å². The Balaban J connectivity index is 1.62. The average Bonchev–Trinajstić information content (AvgIpc) is 2.92. The molecule has 1 amide bonds. The third-order valence-corrected chi connectivity index (χ3v) is 10.5. The maximum absolute atomic E-state index is 14.1. The summed E-state index contributed by atoms with van der Waals surface area (Å²) >= 11 is 0. The minimum atomic E-state index is -2.62. The van der Waals surface area contributed by atoms with Crippen LogP contribution in [0.1, 0.15) is 87.8 Å². The topological polar surface area (TPSA) is 161 Å². The molecule has 2 saturated carbocycles. The minimum Gasteiger partial charge on any atom is -0.508 e. The molecule has 0 radical (unpaired) electrons. The molecule has 5 atom stereocenters. The Bertz CT molecular complexity index is 1370. The molecule has 1 aromatic carbocycles. The van der Waals surface area contributed by atoms with Gasteiger partial charge in [-0.05, 0) is 81.0 Å². The van der Waals surface area contributed by atoms with E-state index in [9.17, 15) is 34.8 Å². The fraction of sp³-hybridized carbons (Fsp3) is 0.606. The Labute approximate surface area is 247 Å². The van der Waals surface area contributed by atoms with E-state index < -0.39 is 58.0 Å². The molecule has 1 aromatic rings. The second-order valence-corrected chi connectivity index (χ2v) is 13.3. The molecular formula is C33H44N2O7. The van der Waals surface area contributed by atoms with Gasteiger partial charge in [0.05, 0.1) is 11.6 Å². The number of fused-ring (bicyclic) bond motifs is 3. The van der Waals surface area contributed by atoms with Crippen LogP contribution in [0.5, 0.6) is 5.75 Å². The Kier molecular flexibility index (Phi) is 8.04. The number of aliphatic hydroxyl groups excluding tert-OH is 2. The zero-order valence-corrected chi connectivity index (χ0v) is 25.0. The van der Waals surface area contributed by atoms with Gasteiger partial charge in [-0.3, -0.25) is 19.3 Å². The first-order valence-corrected chi connectivity index (χ1v) is 15.3. The number of ketones is 2. The number of likely N-dealkylation sites (N-methyl/N-ethyl adjacent to an activating group) is 1. The molecule has 9 nitrogen and oxygen atoms in total. The van der Waals surface area contributed by atoms with Crippen molar-refractivity contribution >= 4 is 23.2 Å². The number of aliphatic hydroxyl groups is 3. The standard InChI is InChI=1S/C33H44N2O7/c1-5-6-7-20(17-10-8-16(2)9-11-17)21-13-12-18-14-19-15-22-26(35(3)4)29(38)25(32(34)41)31(40)33(22,42)30(39)24(19)28(37)23(18)27(21)36/h12-13,16-17,19-20,22,26,36-37,40,42H,5-11,14-15H2,1-4H3,(H2,34,41)/t16?,17?,19-,20?,22-,26-,33-/m0/s1. The third-order valence-electron chi connectivity index (χ3n) is 10.5. The third kappa shape index (κ3) is 4.56. The van der Waals surface area contributed by atoms with E-state index >= 15 is 0 Å². The van der Waals surface area contributed by atoms with Crippen LogP contribution in [0.25, 0.3) is 5.76 Å². The summed E-state index contributed by atoms with van der Waals surface area (Å²) < 4.78 is 0. The molecule has 0 heterocycles. The number of benzene rings is 1. The Morgan fingerprint density at radius 2 is 1.79 bits per heavy atom. The van der Waals surface area contributed by atoms with Crippen LogP contribution in [-0.2, 0) is 20.8 Å². The predicted octanol–water partition coefficient (Wildman–Crippen LogP) is 4.06. The SMILES string of the molecule is CCCCC(c1ccc2c(c1O)C(O)=C1C(=O)[C@]3(O)C(O)=C(C(N)=O)C(=O)[C@@H](N(C)C)[C@@H]3C[C@@H]1C2)C1CCC(C)CC1. The molecule has 5 rings (SSSR count). The van der Waals surface area contributed by atoms with E-state index in [2.05, 4.69) is 13.8 Å². The summed E-state index contributed by atoms with van der Waals surface area (Å²) in [6.45, 7) is 4.42. The number of nitrogens with two attached hydrogens (primary N) is 1. The number of hydrogen-bond acceptors (Lipinski definition) is 8. The number of Topliss-reactive ketones (excluding diaryl/α,β-unsaturated/α-hetero) is 2. The first-order chi connectivity index (χ1) is 19.8. The molecule has 0 bridgehead atoms. The second-order valence-electron chi connectivity index (χ2n) is 13.3. The van der Waals surface area contributed by atoms with E-state index in [1.807, 2.05) is 12.1 Å². The molecule has 4 aliphatic rings. The smallest absolute Gasteiger partial charge is 0.255 e. The minimum absolute atomic E-state index is 0.0415. The number of amides is 1. The van der Waals surface area contributed by atoms with Crippen LogP contribution in [0.15, 0.2) is 29.0 Å². The Hall–Kier alpha value is -3.17. The normalized spacial score (nSPS) is 32.0. The van der Waals surface area contributed by atoms with Crippen molar-refractivity contribution in [3.8, 4) is 5.75 Å². The number of carbonyl (C=O) groups excluding carboxylic acids is 3. The van der Waals surface area contributed by atoms with E-state index in [1.54, 1.807) is 14.1 Å². The lowest BCUT2D eigenvalue weighted by molar-refractivity contribution is -0.153. The van der Waals surface area contributed by atoms with E-state index in [0.717, 1.165) is 50.5 Å². The summed E-state index contributed by atoms with van der Waals surface area (Å²) in [6.07, 6.45) is 7.79. The summed E-state index contributed by atoms with van der Waals surface area (Å²) in [6, 6.07) is 2.80. The van der Waals surface area contributed by atoms with Crippen LogP contribution in [0, 0.1) is 23.7 Å². The highest BCUT2D eigenvalue weighted by Crippen LogP contribution is 2.54.